The average Bonchev–Trinajstić information content (AvgIpc) is 2.77. The number of pyridine rings is 1. The van der Waals surface area contributed by atoms with Crippen LogP contribution in [0.2, 0.25) is 0 Å². The summed E-state index contributed by atoms with van der Waals surface area (Å²) in [5, 5.41) is 2.95. The van der Waals surface area contributed by atoms with Gasteiger partial charge >= 0.3 is 0 Å². The molecule has 0 radical (unpaired) electrons. The lowest BCUT2D eigenvalue weighted by Gasteiger charge is -2.30. The van der Waals surface area contributed by atoms with E-state index in [0.717, 1.165) is 12.0 Å². The van der Waals surface area contributed by atoms with E-state index in [-0.39, 0.29) is 17.6 Å². The third kappa shape index (κ3) is 6.15. The minimum atomic E-state index is -3.21. The van der Waals surface area contributed by atoms with Crippen molar-refractivity contribution in [1.29, 1.82) is 0 Å². The van der Waals surface area contributed by atoms with Crippen LogP contribution in [0.3, 0.4) is 0 Å². The maximum absolute atomic E-state index is 12.7. The van der Waals surface area contributed by atoms with Crippen molar-refractivity contribution < 1.29 is 13.2 Å². The fourth-order valence-corrected chi connectivity index (χ4v) is 5.02. The van der Waals surface area contributed by atoms with Gasteiger partial charge in [0.2, 0.25) is 15.9 Å². The Hall–Kier alpha value is -2.69. The van der Waals surface area contributed by atoms with E-state index in [1.165, 1.54) is 4.31 Å². The summed E-state index contributed by atoms with van der Waals surface area (Å²) < 4.78 is 26.2. The van der Waals surface area contributed by atoms with Crippen molar-refractivity contribution in [2.24, 2.45) is 5.92 Å². The van der Waals surface area contributed by atoms with E-state index in [1.807, 2.05) is 49.4 Å². The highest BCUT2D eigenvalue weighted by atomic mass is 32.2. The highest BCUT2D eigenvalue weighted by Crippen LogP contribution is 2.22. The molecule has 1 aliphatic heterocycles. The summed E-state index contributed by atoms with van der Waals surface area (Å²) in [7, 11) is -3.21. The number of hydrogen-bond donors (Lipinski definition) is 1. The Labute approximate surface area is 178 Å². The number of carbonyl (C=O) groups excluding carboxylic acids is 1. The lowest BCUT2D eigenvalue weighted by molar-refractivity contribution is -0.120. The van der Waals surface area contributed by atoms with Gasteiger partial charge in [-0.05, 0) is 55.5 Å². The van der Waals surface area contributed by atoms with Gasteiger partial charge in [-0.15, -0.1) is 0 Å². The topological polar surface area (TPSA) is 79.4 Å². The normalized spacial score (nSPS) is 15.2. The number of rotatable bonds is 6. The number of aromatic nitrogens is 1. The zero-order valence-electron chi connectivity index (χ0n) is 17.2. The molecule has 1 aliphatic rings. The second kappa shape index (κ2) is 10.4. The Bertz CT molecular complexity index is 1020. The first-order chi connectivity index (χ1) is 14.5. The van der Waals surface area contributed by atoms with Crippen LogP contribution in [-0.4, -0.2) is 42.5 Å². The molecule has 1 fully saturated rings. The lowest BCUT2D eigenvalue weighted by atomic mass is 9.97. The first-order valence-corrected chi connectivity index (χ1v) is 11.9. The van der Waals surface area contributed by atoms with Crippen LogP contribution in [0.15, 0.2) is 48.7 Å². The molecule has 6 nitrogen and oxygen atoms in total. The highest BCUT2D eigenvalue weighted by Gasteiger charge is 2.30. The third-order valence-corrected chi connectivity index (χ3v) is 7.06. The molecule has 1 aromatic carbocycles. The van der Waals surface area contributed by atoms with Crippen LogP contribution in [0.4, 0.5) is 5.69 Å². The molecule has 0 bridgehead atoms. The molecule has 0 aliphatic carbocycles. The quantitative estimate of drug-likeness (QED) is 0.721. The van der Waals surface area contributed by atoms with Gasteiger partial charge in [-0.3, -0.25) is 4.79 Å². The molecular weight excluding hydrogens is 398 g/mol. The van der Waals surface area contributed by atoms with Gasteiger partial charge in [0, 0.05) is 36.5 Å². The summed E-state index contributed by atoms with van der Waals surface area (Å²) in [5.41, 5.74) is 2.16. The SMILES string of the molecule is CCCCS(=O)(=O)N1CCC(C(=O)Nc2cccc(C#Cc3ccccn3)c2)CC1. The average molecular weight is 426 g/mol. The number of benzene rings is 1. The van der Waals surface area contributed by atoms with Gasteiger partial charge in [-0.2, -0.15) is 0 Å². The molecule has 3 rings (SSSR count). The smallest absolute Gasteiger partial charge is 0.227 e. The van der Waals surface area contributed by atoms with Crippen molar-refractivity contribution in [2.45, 2.75) is 32.6 Å². The van der Waals surface area contributed by atoms with Crippen molar-refractivity contribution in [3.63, 3.8) is 0 Å². The zero-order valence-corrected chi connectivity index (χ0v) is 18.0. The maximum Gasteiger partial charge on any atom is 0.227 e. The van der Waals surface area contributed by atoms with Crippen LogP contribution < -0.4 is 5.32 Å². The Morgan fingerprint density at radius 1 is 1.17 bits per heavy atom. The van der Waals surface area contributed by atoms with Gasteiger partial charge < -0.3 is 5.32 Å². The van der Waals surface area contributed by atoms with Gasteiger partial charge in [0.1, 0.15) is 5.69 Å². The Morgan fingerprint density at radius 2 is 1.97 bits per heavy atom. The minimum absolute atomic E-state index is 0.0737. The van der Waals surface area contributed by atoms with E-state index in [9.17, 15) is 13.2 Å². The predicted octanol–water partition coefficient (Wildman–Crippen LogP) is 3.26. The molecule has 0 saturated carbocycles. The summed E-state index contributed by atoms with van der Waals surface area (Å²) in [6.45, 7) is 2.78. The van der Waals surface area contributed by atoms with Gasteiger partial charge in [0.25, 0.3) is 0 Å². The second-order valence-corrected chi connectivity index (χ2v) is 9.47. The van der Waals surface area contributed by atoms with E-state index in [2.05, 4.69) is 22.1 Å². The van der Waals surface area contributed by atoms with Crippen molar-refractivity contribution in [2.75, 3.05) is 24.2 Å². The molecule has 1 amide bonds. The van der Waals surface area contributed by atoms with Crippen LogP contribution in [0.1, 0.15) is 43.9 Å². The van der Waals surface area contributed by atoms with Crippen molar-refractivity contribution in [1.82, 2.24) is 9.29 Å². The van der Waals surface area contributed by atoms with Gasteiger partial charge in [0.15, 0.2) is 0 Å². The molecule has 0 spiro atoms. The van der Waals surface area contributed by atoms with Crippen LogP contribution in [0, 0.1) is 17.8 Å². The molecule has 2 heterocycles. The van der Waals surface area contributed by atoms with Crippen molar-refractivity contribution >= 4 is 21.6 Å². The van der Waals surface area contributed by atoms with E-state index in [0.29, 0.717) is 43.7 Å². The second-order valence-electron chi connectivity index (χ2n) is 7.38. The number of hydrogen-bond acceptors (Lipinski definition) is 4. The van der Waals surface area contributed by atoms with E-state index >= 15 is 0 Å². The largest absolute Gasteiger partial charge is 0.326 e. The first kappa shape index (κ1) is 22.0. The fraction of sp³-hybridized carbons (Fsp3) is 0.391. The van der Waals surface area contributed by atoms with Crippen LogP contribution >= 0.6 is 0 Å². The number of amides is 1. The number of nitrogens with one attached hydrogen (secondary N) is 1. The lowest BCUT2D eigenvalue weighted by Crippen LogP contribution is -2.42. The minimum Gasteiger partial charge on any atom is -0.326 e. The van der Waals surface area contributed by atoms with E-state index in [1.54, 1.807) is 6.20 Å². The molecule has 30 heavy (non-hydrogen) atoms. The zero-order chi connectivity index (χ0) is 21.4. The van der Waals surface area contributed by atoms with E-state index in [4.69, 9.17) is 0 Å². The number of carbonyl (C=O) groups is 1. The first-order valence-electron chi connectivity index (χ1n) is 10.3. The maximum atomic E-state index is 12.7. The van der Waals surface area contributed by atoms with Crippen molar-refractivity contribution in [3.8, 4) is 11.8 Å². The molecule has 1 aromatic heterocycles. The molecule has 1 saturated heterocycles. The van der Waals surface area contributed by atoms with Gasteiger partial charge in [-0.1, -0.05) is 31.4 Å². The molecule has 0 atom stereocenters. The van der Waals surface area contributed by atoms with Crippen LogP contribution in [0.5, 0.6) is 0 Å². The summed E-state index contributed by atoms with van der Waals surface area (Å²) in [4.78, 5) is 16.8. The summed E-state index contributed by atoms with van der Waals surface area (Å²) in [5.74, 6) is 5.98. The molecule has 0 unspecified atom stereocenters. The third-order valence-electron chi connectivity index (χ3n) is 5.10. The number of unbranched alkanes of at least 4 members (excludes halogenated alkanes) is 1. The Kier molecular flexibility index (Phi) is 7.61. The van der Waals surface area contributed by atoms with Crippen molar-refractivity contribution in [3.05, 3.63) is 59.9 Å². The predicted molar refractivity (Wildman–Crippen MR) is 118 cm³/mol. The van der Waals surface area contributed by atoms with E-state index < -0.39 is 10.0 Å². The Balaban J connectivity index is 1.56. The van der Waals surface area contributed by atoms with Crippen LogP contribution in [-0.2, 0) is 14.8 Å². The standard InChI is InChI=1S/C23H27N3O3S/c1-2-3-17-30(28,29)26-15-12-20(13-16-26)23(27)25-22-9-6-7-19(18-22)10-11-21-8-4-5-14-24-21/h4-9,14,18,20H,2-3,12-13,15-17H2,1H3,(H,25,27). The molecular formula is C23H27N3O3S. The number of piperidine rings is 1. The molecule has 158 valence electrons. The molecule has 1 N–H and O–H groups in total. The van der Waals surface area contributed by atoms with Crippen LogP contribution in [0.25, 0.3) is 0 Å². The fourth-order valence-electron chi connectivity index (χ4n) is 3.34. The number of sulfonamides is 1. The molecule has 2 aromatic rings. The summed E-state index contributed by atoms with van der Waals surface area (Å²) >= 11 is 0. The highest BCUT2D eigenvalue weighted by molar-refractivity contribution is 7.89. The van der Waals surface area contributed by atoms with Gasteiger partial charge in [-0.25, -0.2) is 17.7 Å². The number of anilines is 1. The number of nitrogens with zero attached hydrogens (tertiary/aromatic N) is 2. The summed E-state index contributed by atoms with van der Waals surface area (Å²) in [6, 6.07) is 13.0. The summed E-state index contributed by atoms with van der Waals surface area (Å²) in [6.07, 6.45) is 4.29. The van der Waals surface area contributed by atoms with Gasteiger partial charge in [0.05, 0.1) is 5.75 Å². The molecule has 7 heteroatoms. The Morgan fingerprint density at radius 3 is 2.67 bits per heavy atom. The monoisotopic (exact) mass is 425 g/mol.